The first-order valence-electron chi connectivity index (χ1n) is 11.6. The number of nitrogens with zero attached hydrogens (tertiary/aromatic N) is 2. The van der Waals surface area contributed by atoms with Crippen molar-refractivity contribution in [2.75, 3.05) is 5.32 Å². The van der Waals surface area contributed by atoms with E-state index in [1.54, 1.807) is 17.4 Å². The zero-order valence-electron chi connectivity index (χ0n) is 19.9. The Morgan fingerprint density at radius 3 is 2.74 bits per heavy atom. The third-order valence-electron chi connectivity index (χ3n) is 6.78. The number of carbonyl (C=O) groups is 1. The minimum atomic E-state index is -0.245. The van der Waals surface area contributed by atoms with Crippen molar-refractivity contribution < 1.29 is 9.21 Å². The van der Waals surface area contributed by atoms with Crippen molar-refractivity contribution in [3.05, 3.63) is 69.8 Å². The highest BCUT2D eigenvalue weighted by Crippen LogP contribution is 2.44. The quantitative estimate of drug-likeness (QED) is 0.346. The average molecular weight is 470 g/mol. The summed E-state index contributed by atoms with van der Waals surface area (Å²) in [4.78, 5) is 19.5. The van der Waals surface area contributed by atoms with Crippen LogP contribution in [-0.4, -0.2) is 10.9 Å². The molecule has 1 unspecified atom stereocenters. The van der Waals surface area contributed by atoms with Crippen LogP contribution in [0.25, 0.3) is 22.4 Å². The summed E-state index contributed by atoms with van der Waals surface area (Å²) in [6, 6.07) is 15.5. The number of nitrogens with one attached hydrogen (secondary N) is 1. The van der Waals surface area contributed by atoms with Crippen molar-refractivity contribution in [1.82, 2.24) is 4.98 Å². The lowest BCUT2D eigenvalue weighted by Gasteiger charge is -2.33. The maximum absolute atomic E-state index is 13.5. The van der Waals surface area contributed by atoms with Crippen molar-refractivity contribution in [2.24, 2.45) is 11.3 Å². The van der Waals surface area contributed by atoms with E-state index in [-0.39, 0.29) is 11.3 Å². The number of nitriles is 1. The SMILES string of the molecule is Cc1ccc(-c2cc(C(=O)Nc3sc4c(c3C#N)CCC(C(C)(C)C)C4)c3ccccc3n2)o1. The highest BCUT2D eigenvalue weighted by Gasteiger charge is 2.32. The van der Waals surface area contributed by atoms with E-state index in [9.17, 15) is 10.1 Å². The van der Waals surface area contributed by atoms with Crippen LogP contribution in [0.3, 0.4) is 0 Å². The van der Waals surface area contributed by atoms with E-state index in [0.29, 0.717) is 33.5 Å². The van der Waals surface area contributed by atoms with Gasteiger partial charge in [-0.05, 0) is 67.3 Å². The largest absolute Gasteiger partial charge is 0.460 e. The van der Waals surface area contributed by atoms with Crippen LogP contribution in [0.15, 0.2) is 46.9 Å². The number of para-hydroxylation sites is 1. The predicted octanol–water partition coefficient (Wildman–Crippen LogP) is 7.14. The molecule has 1 aromatic carbocycles. The maximum Gasteiger partial charge on any atom is 0.257 e. The number of thiophene rings is 1. The second-order valence-corrected chi connectivity index (χ2v) is 11.2. The lowest BCUT2D eigenvalue weighted by atomic mass is 9.72. The van der Waals surface area contributed by atoms with E-state index in [0.717, 1.165) is 41.5 Å². The van der Waals surface area contributed by atoms with E-state index >= 15 is 0 Å². The Morgan fingerprint density at radius 1 is 1.24 bits per heavy atom. The Labute approximate surface area is 203 Å². The van der Waals surface area contributed by atoms with Gasteiger partial charge in [0.1, 0.15) is 22.5 Å². The molecule has 1 N–H and O–H groups in total. The van der Waals surface area contributed by atoms with Gasteiger partial charge < -0.3 is 9.73 Å². The number of fused-ring (bicyclic) bond motifs is 2. The Bertz CT molecular complexity index is 1450. The third kappa shape index (κ3) is 4.01. The summed E-state index contributed by atoms with van der Waals surface area (Å²) in [5.41, 5.74) is 3.77. The van der Waals surface area contributed by atoms with Gasteiger partial charge in [0.2, 0.25) is 0 Å². The molecule has 5 nitrogen and oxygen atoms in total. The molecule has 5 rings (SSSR count). The van der Waals surface area contributed by atoms with E-state index in [1.807, 2.05) is 43.3 Å². The fourth-order valence-electron chi connectivity index (χ4n) is 4.76. The van der Waals surface area contributed by atoms with Crippen LogP contribution >= 0.6 is 11.3 Å². The minimum Gasteiger partial charge on any atom is -0.460 e. The Kier molecular flexibility index (Phi) is 5.53. The van der Waals surface area contributed by atoms with Crippen LogP contribution in [0, 0.1) is 29.6 Å². The number of amides is 1. The molecule has 34 heavy (non-hydrogen) atoms. The van der Waals surface area contributed by atoms with E-state index in [4.69, 9.17) is 9.40 Å². The van der Waals surface area contributed by atoms with Crippen LogP contribution in [0.4, 0.5) is 5.00 Å². The van der Waals surface area contributed by atoms with Crippen LogP contribution in [0.2, 0.25) is 0 Å². The fraction of sp³-hybridized carbons (Fsp3) is 0.321. The summed E-state index contributed by atoms with van der Waals surface area (Å²) in [6.45, 7) is 8.70. The van der Waals surface area contributed by atoms with Crippen LogP contribution in [0.1, 0.15) is 59.3 Å². The predicted molar refractivity (Wildman–Crippen MR) is 136 cm³/mol. The molecule has 1 aliphatic rings. The van der Waals surface area contributed by atoms with Crippen molar-refractivity contribution >= 4 is 33.1 Å². The monoisotopic (exact) mass is 469 g/mol. The molecule has 0 saturated carbocycles. The zero-order chi connectivity index (χ0) is 24.0. The molecular formula is C28H27N3O2S. The summed E-state index contributed by atoms with van der Waals surface area (Å²) in [5.74, 6) is 1.73. The Balaban J connectivity index is 1.53. The molecule has 172 valence electrons. The van der Waals surface area contributed by atoms with Gasteiger partial charge in [-0.3, -0.25) is 4.79 Å². The number of rotatable bonds is 3. The van der Waals surface area contributed by atoms with Crippen LogP contribution in [0.5, 0.6) is 0 Å². The van der Waals surface area contributed by atoms with Gasteiger partial charge in [0, 0.05) is 10.3 Å². The number of benzene rings is 1. The molecule has 1 atom stereocenters. The summed E-state index contributed by atoms with van der Waals surface area (Å²) in [7, 11) is 0. The van der Waals surface area contributed by atoms with Gasteiger partial charge in [0.15, 0.2) is 5.76 Å². The Morgan fingerprint density at radius 2 is 2.03 bits per heavy atom. The van der Waals surface area contributed by atoms with Crippen molar-refractivity contribution in [2.45, 2.75) is 47.0 Å². The summed E-state index contributed by atoms with van der Waals surface area (Å²) < 4.78 is 5.77. The number of carbonyl (C=O) groups excluding carboxylic acids is 1. The average Bonchev–Trinajstić information content (AvgIpc) is 3.39. The van der Waals surface area contributed by atoms with E-state index in [2.05, 4.69) is 32.2 Å². The number of furan rings is 1. The molecular weight excluding hydrogens is 442 g/mol. The zero-order valence-corrected chi connectivity index (χ0v) is 20.7. The molecule has 0 aliphatic heterocycles. The van der Waals surface area contributed by atoms with Gasteiger partial charge in [0.25, 0.3) is 5.91 Å². The summed E-state index contributed by atoms with van der Waals surface area (Å²) >= 11 is 1.55. The number of hydrogen-bond donors (Lipinski definition) is 1. The number of aromatic nitrogens is 1. The second kappa shape index (κ2) is 8.41. The number of aryl methyl sites for hydroxylation is 1. The molecule has 0 bridgehead atoms. The van der Waals surface area contributed by atoms with Gasteiger partial charge in [-0.2, -0.15) is 5.26 Å². The van der Waals surface area contributed by atoms with Crippen LogP contribution < -0.4 is 5.32 Å². The molecule has 1 amide bonds. The number of pyridine rings is 1. The normalized spacial score (nSPS) is 15.7. The summed E-state index contributed by atoms with van der Waals surface area (Å²) in [6.07, 6.45) is 2.90. The van der Waals surface area contributed by atoms with Gasteiger partial charge in [-0.15, -0.1) is 11.3 Å². The van der Waals surface area contributed by atoms with Crippen molar-refractivity contribution in [3.8, 4) is 17.5 Å². The molecule has 4 aromatic rings. The van der Waals surface area contributed by atoms with Gasteiger partial charge >= 0.3 is 0 Å². The van der Waals surface area contributed by atoms with Gasteiger partial charge in [-0.25, -0.2) is 4.98 Å². The molecule has 1 aliphatic carbocycles. The lowest BCUT2D eigenvalue weighted by Crippen LogP contribution is -2.26. The molecule has 0 spiro atoms. The highest BCUT2D eigenvalue weighted by atomic mass is 32.1. The first-order valence-corrected chi connectivity index (χ1v) is 12.4. The smallest absolute Gasteiger partial charge is 0.257 e. The second-order valence-electron chi connectivity index (χ2n) is 10.1. The highest BCUT2D eigenvalue weighted by molar-refractivity contribution is 7.16. The maximum atomic E-state index is 13.5. The fourth-order valence-corrected chi connectivity index (χ4v) is 6.04. The minimum absolute atomic E-state index is 0.217. The molecule has 0 saturated heterocycles. The summed E-state index contributed by atoms with van der Waals surface area (Å²) in [5, 5.41) is 14.4. The van der Waals surface area contributed by atoms with Crippen molar-refractivity contribution in [3.63, 3.8) is 0 Å². The van der Waals surface area contributed by atoms with Crippen molar-refractivity contribution in [1.29, 1.82) is 5.26 Å². The van der Waals surface area contributed by atoms with Gasteiger partial charge in [-0.1, -0.05) is 39.0 Å². The number of anilines is 1. The third-order valence-corrected chi connectivity index (χ3v) is 7.95. The van der Waals surface area contributed by atoms with E-state index in [1.165, 1.54) is 4.88 Å². The van der Waals surface area contributed by atoms with E-state index < -0.39 is 0 Å². The Hall–Kier alpha value is -3.43. The molecule has 3 heterocycles. The number of hydrogen-bond acceptors (Lipinski definition) is 5. The molecule has 0 radical (unpaired) electrons. The lowest BCUT2D eigenvalue weighted by molar-refractivity contribution is 0.102. The molecule has 0 fully saturated rings. The first kappa shape index (κ1) is 22.4. The standard InChI is InChI=1S/C28H27N3O2S/c1-16-9-12-24(33-16)23-14-20(18-7-5-6-8-22(18)30-23)26(32)31-27-21(15-29)19-11-10-17(28(2,3)4)13-25(19)34-27/h5-9,12,14,17H,10-11,13H2,1-4H3,(H,31,32). The van der Waals surface area contributed by atoms with Gasteiger partial charge in [0.05, 0.1) is 16.6 Å². The van der Waals surface area contributed by atoms with Crippen LogP contribution in [-0.2, 0) is 12.8 Å². The molecule has 3 aromatic heterocycles. The topological polar surface area (TPSA) is 78.9 Å². The first-order chi connectivity index (χ1) is 16.2. The molecule has 6 heteroatoms.